The quantitative estimate of drug-likeness (QED) is 0.658. The number of hydrogen-bond donors (Lipinski definition) is 1. The first-order chi connectivity index (χ1) is 13.2. The third-order valence-corrected chi connectivity index (χ3v) is 4.80. The monoisotopic (exact) mass is 360 g/mol. The number of amides is 1. The zero-order valence-corrected chi connectivity index (χ0v) is 15.5. The van der Waals surface area contributed by atoms with Crippen molar-refractivity contribution in [1.82, 2.24) is 15.1 Å². The summed E-state index contributed by atoms with van der Waals surface area (Å²) in [6, 6.07) is 21.9. The lowest BCUT2D eigenvalue weighted by Crippen LogP contribution is -2.47. The number of piperazine rings is 1. The van der Waals surface area contributed by atoms with Gasteiger partial charge in [0, 0.05) is 32.4 Å². The van der Waals surface area contributed by atoms with E-state index in [1.807, 2.05) is 67.7 Å². The maximum absolute atomic E-state index is 12.7. The minimum atomic E-state index is -0.210. The molecule has 1 amide bonds. The van der Waals surface area contributed by atoms with Crippen LogP contribution in [0.3, 0.4) is 0 Å². The minimum absolute atomic E-state index is 0.129. The van der Waals surface area contributed by atoms with Gasteiger partial charge in [-0.05, 0) is 18.2 Å². The molecule has 27 heavy (non-hydrogen) atoms. The maximum Gasteiger partial charge on any atom is 0.266 e. The van der Waals surface area contributed by atoms with Gasteiger partial charge in [-0.1, -0.05) is 60.7 Å². The van der Waals surface area contributed by atoms with Crippen LogP contribution < -0.4 is 5.32 Å². The Bertz CT molecular complexity index is 779. The molecule has 1 fully saturated rings. The Hall–Kier alpha value is -3.10. The second-order valence-electron chi connectivity index (χ2n) is 6.69. The highest BCUT2D eigenvalue weighted by Crippen LogP contribution is 2.22. The molecular weight excluding hydrogens is 336 g/mol. The summed E-state index contributed by atoms with van der Waals surface area (Å²) in [6.07, 6.45) is 1.56. The largest absolute Gasteiger partial charge is 0.379 e. The first-order valence-electron chi connectivity index (χ1n) is 9.13. The second-order valence-corrected chi connectivity index (χ2v) is 6.69. The normalized spacial score (nSPS) is 15.4. The van der Waals surface area contributed by atoms with Crippen LogP contribution in [0.2, 0.25) is 0 Å². The molecule has 1 aliphatic heterocycles. The molecule has 0 bridgehead atoms. The van der Waals surface area contributed by atoms with Gasteiger partial charge in [-0.3, -0.25) is 4.79 Å². The van der Waals surface area contributed by atoms with Crippen molar-refractivity contribution in [2.24, 2.45) is 0 Å². The van der Waals surface area contributed by atoms with Crippen molar-refractivity contribution in [1.29, 1.82) is 5.26 Å². The maximum atomic E-state index is 12.7. The van der Waals surface area contributed by atoms with Gasteiger partial charge < -0.3 is 15.1 Å². The highest BCUT2D eigenvalue weighted by atomic mass is 16.2. The van der Waals surface area contributed by atoms with Gasteiger partial charge in [0.2, 0.25) is 0 Å². The molecule has 1 aliphatic rings. The zero-order valence-electron chi connectivity index (χ0n) is 15.5. The van der Waals surface area contributed by atoms with Crippen LogP contribution in [0.4, 0.5) is 0 Å². The molecule has 1 heterocycles. The molecule has 1 N–H and O–H groups in total. The molecule has 2 aromatic carbocycles. The van der Waals surface area contributed by atoms with Crippen LogP contribution in [0, 0.1) is 11.3 Å². The summed E-state index contributed by atoms with van der Waals surface area (Å²) in [5.41, 5.74) is 2.28. The molecule has 5 nitrogen and oxygen atoms in total. The molecule has 5 heteroatoms. The van der Waals surface area contributed by atoms with Crippen molar-refractivity contribution < 1.29 is 4.79 Å². The predicted octanol–water partition coefficient (Wildman–Crippen LogP) is 2.55. The molecule has 0 unspecified atom stereocenters. The SMILES string of the molecule is CN1CCN(C(=O)/C(C#N)=C\NC(c2ccccc2)c2ccccc2)CC1. The molecule has 138 valence electrons. The number of carbonyl (C=O) groups excluding carboxylic acids is 1. The first-order valence-corrected chi connectivity index (χ1v) is 9.13. The van der Waals surface area contributed by atoms with Gasteiger partial charge in [0.1, 0.15) is 11.6 Å². The average Bonchev–Trinajstić information content (AvgIpc) is 2.73. The van der Waals surface area contributed by atoms with Gasteiger partial charge in [-0.25, -0.2) is 0 Å². The molecule has 0 spiro atoms. The number of nitrogens with zero attached hydrogens (tertiary/aromatic N) is 3. The Morgan fingerprint density at radius 1 is 1.00 bits per heavy atom. The van der Waals surface area contributed by atoms with Gasteiger partial charge in [0.15, 0.2) is 0 Å². The minimum Gasteiger partial charge on any atom is -0.379 e. The number of carbonyl (C=O) groups is 1. The highest BCUT2D eigenvalue weighted by Gasteiger charge is 2.22. The van der Waals surface area contributed by atoms with Crippen molar-refractivity contribution in [3.05, 3.63) is 83.6 Å². The summed E-state index contributed by atoms with van der Waals surface area (Å²) < 4.78 is 0. The molecular formula is C22H24N4O. The lowest BCUT2D eigenvalue weighted by Gasteiger charge is -2.32. The number of rotatable bonds is 5. The van der Waals surface area contributed by atoms with Crippen molar-refractivity contribution in [3.8, 4) is 6.07 Å². The van der Waals surface area contributed by atoms with E-state index in [1.54, 1.807) is 11.1 Å². The van der Waals surface area contributed by atoms with Gasteiger partial charge >= 0.3 is 0 Å². The number of nitrogens with one attached hydrogen (secondary N) is 1. The van der Waals surface area contributed by atoms with Crippen LogP contribution >= 0.6 is 0 Å². The Morgan fingerprint density at radius 3 is 2.00 bits per heavy atom. The third-order valence-electron chi connectivity index (χ3n) is 4.80. The standard InChI is InChI=1S/C22H24N4O/c1-25-12-14-26(15-13-25)22(27)20(16-23)17-24-21(18-8-4-2-5-9-18)19-10-6-3-7-11-19/h2-11,17,21,24H,12-15H2,1H3/b20-17-. The van der Waals surface area contributed by atoms with E-state index >= 15 is 0 Å². The second kappa shape index (κ2) is 9.02. The summed E-state index contributed by atoms with van der Waals surface area (Å²) in [7, 11) is 2.04. The fourth-order valence-electron chi connectivity index (χ4n) is 3.16. The Balaban J connectivity index is 1.80. The topological polar surface area (TPSA) is 59.4 Å². The van der Waals surface area contributed by atoms with Crippen molar-refractivity contribution in [2.45, 2.75) is 6.04 Å². The van der Waals surface area contributed by atoms with Crippen LogP contribution in [-0.2, 0) is 4.79 Å². The third kappa shape index (κ3) is 4.75. The van der Waals surface area contributed by atoms with Crippen molar-refractivity contribution in [2.75, 3.05) is 33.2 Å². The lowest BCUT2D eigenvalue weighted by molar-refractivity contribution is -0.128. The molecule has 1 saturated heterocycles. The van der Waals surface area contributed by atoms with Gasteiger partial charge in [-0.2, -0.15) is 5.26 Å². The summed E-state index contributed by atoms with van der Waals surface area (Å²) in [5.74, 6) is -0.210. The van der Waals surface area contributed by atoms with E-state index < -0.39 is 0 Å². The van der Waals surface area contributed by atoms with E-state index in [0.717, 1.165) is 24.2 Å². The van der Waals surface area contributed by atoms with Crippen LogP contribution in [0.5, 0.6) is 0 Å². The number of likely N-dealkylation sites (N-methyl/N-ethyl adjacent to an activating group) is 1. The smallest absolute Gasteiger partial charge is 0.266 e. The van der Waals surface area contributed by atoms with Crippen LogP contribution in [0.15, 0.2) is 72.4 Å². The molecule has 0 aliphatic carbocycles. The zero-order chi connectivity index (χ0) is 19.1. The van der Waals surface area contributed by atoms with E-state index in [4.69, 9.17) is 0 Å². The van der Waals surface area contributed by atoms with Crippen molar-refractivity contribution >= 4 is 5.91 Å². The van der Waals surface area contributed by atoms with Crippen LogP contribution in [-0.4, -0.2) is 48.9 Å². The van der Waals surface area contributed by atoms with E-state index in [-0.39, 0.29) is 17.5 Å². The molecule has 0 atom stereocenters. The van der Waals surface area contributed by atoms with Crippen LogP contribution in [0.25, 0.3) is 0 Å². The predicted molar refractivity (Wildman–Crippen MR) is 106 cm³/mol. The molecule has 2 aromatic rings. The average molecular weight is 360 g/mol. The van der Waals surface area contributed by atoms with Gasteiger partial charge in [0.25, 0.3) is 5.91 Å². The summed E-state index contributed by atoms with van der Waals surface area (Å²) in [4.78, 5) is 16.6. The molecule has 0 aromatic heterocycles. The summed E-state index contributed by atoms with van der Waals surface area (Å²) in [6.45, 7) is 2.95. The summed E-state index contributed by atoms with van der Waals surface area (Å²) in [5, 5.41) is 12.8. The molecule has 3 rings (SSSR count). The molecule has 0 radical (unpaired) electrons. The fourth-order valence-corrected chi connectivity index (χ4v) is 3.16. The highest BCUT2D eigenvalue weighted by molar-refractivity contribution is 5.97. The van der Waals surface area contributed by atoms with E-state index in [9.17, 15) is 10.1 Å². The first kappa shape index (κ1) is 18.7. The number of nitriles is 1. The number of benzene rings is 2. The van der Waals surface area contributed by atoms with E-state index in [2.05, 4.69) is 16.3 Å². The molecule has 0 saturated carbocycles. The van der Waals surface area contributed by atoms with Crippen molar-refractivity contribution in [3.63, 3.8) is 0 Å². The number of hydrogen-bond acceptors (Lipinski definition) is 4. The Labute approximate surface area is 160 Å². The lowest BCUT2D eigenvalue weighted by atomic mass is 9.99. The van der Waals surface area contributed by atoms with Crippen LogP contribution in [0.1, 0.15) is 17.2 Å². The van der Waals surface area contributed by atoms with E-state index in [0.29, 0.717) is 13.1 Å². The van der Waals surface area contributed by atoms with E-state index in [1.165, 1.54) is 0 Å². The van der Waals surface area contributed by atoms with Gasteiger partial charge in [0.05, 0.1) is 6.04 Å². The fraction of sp³-hybridized carbons (Fsp3) is 0.273. The Morgan fingerprint density at radius 2 is 1.52 bits per heavy atom. The van der Waals surface area contributed by atoms with Gasteiger partial charge in [-0.15, -0.1) is 0 Å². The Kier molecular flexibility index (Phi) is 6.24. The summed E-state index contributed by atoms with van der Waals surface area (Å²) >= 11 is 0.